The van der Waals surface area contributed by atoms with E-state index < -0.39 is 0 Å². The number of rotatable bonds is 6. The molecule has 1 aromatic carbocycles. The van der Waals surface area contributed by atoms with Crippen LogP contribution in [0.5, 0.6) is 0 Å². The topological polar surface area (TPSA) is 28.4 Å². The fourth-order valence-corrected chi connectivity index (χ4v) is 2.29. The number of nitrogens with zero attached hydrogens (tertiary/aromatic N) is 1. The Morgan fingerprint density at radius 1 is 1.30 bits per heavy atom. The van der Waals surface area contributed by atoms with Crippen molar-refractivity contribution in [1.82, 2.24) is 5.32 Å². The molecule has 1 N–H and O–H groups in total. The molecular formula is C16H19FN2O. The summed E-state index contributed by atoms with van der Waals surface area (Å²) in [7, 11) is 1.89. The van der Waals surface area contributed by atoms with Crippen molar-refractivity contribution in [1.29, 1.82) is 0 Å². The largest absolute Gasteiger partial charge is 0.468 e. The minimum atomic E-state index is -0.198. The Labute approximate surface area is 118 Å². The number of furan rings is 1. The predicted molar refractivity (Wildman–Crippen MR) is 77.1 cm³/mol. The van der Waals surface area contributed by atoms with Crippen LogP contribution in [0.25, 0.3) is 0 Å². The highest BCUT2D eigenvalue weighted by Gasteiger charge is 2.21. The molecule has 0 bridgehead atoms. The van der Waals surface area contributed by atoms with Gasteiger partial charge >= 0.3 is 0 Å². The number of anilines is 1. The van der Waals surface area contributed by atoms with Crippen LogP contribution in [0.4, 0.5) is 10.1 Å². The van der Waals surface area contributed by atoms with Gasteiger partial charge in [-0.1, -0.05) is 12.1 Å². The van der Waals surface area contributed by atoms with E-state index in [0.29, 0.717) is 18.3 Å². The van der Waals surface area contributed by atoms with Crippen molar-refractivity contribution in [3.05, 3.63) is 53.7 Å². The molecule has 20 heavy (non-hydrogen) atoms. The monoisotopic (exact) mass is 274 g/mol. The molecule has 0 aliphatic heterocycles. The molecule has 0 atom stereocenters. The number of halogens is 1. The van der Waals surface area contributed by atoms with Crippen molar-refractivity contribution in [2.45, 2.75) is 32.0 Å². The second-order valence-electron chi connectivity index (χ2n) is 5.33. The van der Waals surface area contributed by atoms with Crippen molar-refractivity contribution in [3.8, 4) is 0 Å². The van der Waals surface area contributed by atoms with Crippen molar-refractivity contribution >= 4 is 5.69 Å². The van der Waals surface area contributed by atoms with Crippen LogP contribution < -0.4 is 10.2 Å². The summed E-state index contributed by atoms with van der Waals surface area (Å²) >= 11 is 0. The van der Waals surface area contributed by atoms with Crippen LogP contribution >= 0.6 is 0 Å². The molecule has 1 saturated carbocycles. The van der Waals surface area contributed by atoms with Gasteiger partial charge in [0.1, 0.15) is 11.6 Å². The number of hydrogen-bond donors (Lipinski definition) is 1. The van der Waals surface area contributed by atoms with Crippen molar-refractivity contribution in [2.75, 3.05) is 11.9 Å². The maximum absolute atomic E-state index is 13.8. The Hall–Kier alpha value is -1.81. The molecule has 0 spiro atoms. The highest BCUT2D eigenvalue weighted by Crippen LogP contribution is 2.23. The summed E-state index contributed by atoms with van der Waals surface area (Å²) in [4.78, 5) is 1.90. The third-order valence-electron chi connectivity index (χ3n) is 3.64. The second-order valence-corrected chi connectivity index (χ2v) is 5.33. The van der Waals surface area contributed by atoms with E-state index in [1.165, 1.54) is 18.9 Å². The minimum Gasteiger partial charge on any atom is -0.468 e. The van der Waals surface area contributed by atoms with Gasteiger partial charge in [-0.2, -0.15) is 0 Å². The lowest BCUT2D eigenvalue weighted by atomic mass is 10.2. The maximum atomic E-state index is 13.8. The van der Waals surface area contributed by atoms with E-state index in [4.69, 9.17) is 4.42 Å². The summed E-state index contributed by atoms with van der Waals surface area (Å²) < 4.78 is 19.3. The van der Waals surface area contributed by atoms with Crippen LogP contribution in [0.3, 0.4) is 0 Å². The molecule has 0 radical (unpaired) electrons. The lowest BCUT2D eigenvalue weighted by molar-refractivity contribution is 0.477. The fourth-order valence-electron chi connectivity index (χ4n) is 2.29. The van der Waals surface area contributed by atoms with Crippen LogP contribution in [0.1, 0.15) is 24.2 Å². The Morgan fingerprint density at radius 3 is 2.85 bits per heavy atom. The Kier molecular flexibility index (Phi) is 3.74. The first kappa shape index (κ1) is 13.2. The molecule has 0 amide bonds. The molecule has 1 heterocycles. The highest BCUT2D eigenvalue weighted by molar-refractivity contribution is 5.47. The molecule has 2 aromatic rings. The zero-order valence-electron chi connectivity index (χ0n) is 11.6. The van der Waals surface area contributed by atoms with E-state index in [0.717, 1.165) is 17.9 Å². The van der Waals surface area contributed by atoms with Crippen molar-refractivity contribution in [3.63, 3.8) is 0 Å². The average Bonchev–Trinajstić information content (AvgIpc) is 3.17. The van der Waals surface area contributed by atoms with E-state index in [2.05, 4.69) is 5.32 Å². The maximum Gasteiger partial charge on any atom is 0.146 e. The van der Waals surface area contributed by atoms with Gasteiger partial charge in [0.05, 0.1) is 18.5 Å². The molecular weight excluding hydrogens is 255 g/mol. The number of nitrogens with one attached hydrogen (secondary N) is 1. The van der Waals surface area contributed by atoms with Crippen LogP contribution in [0, 0.1) is 5.82 Å². The molecule has 1 aliphatic carbocycles. The Morgan fingerprint density at radius 2 is 2.10 bits per heavy atom. The number of benzene rings is 1. The van der Waals surface area contributed by atoms with E-state index in [9.17, 15) is 4.39 Å². The van der Waals surface area contributed by atoms with Crippen LogP contribution in [-0.2, 0) is 13.1 Å². The van der Waals surface area contributed by atoms with Crippen molar-refractivity contribution < 1.29 is 8.81 Å². The van der Waals surface area contributed by atoms with Gasteiger partial charge in [0.15, 0.2) is 0 Å². The van der Waals surface area contributed by atoms with Gasteiger partial charge in [-0.25, -0.2) is 4.39 Å². The zero-order chi connectivity index (χ0) is 13.9. The smallest absolute Gasteiger partial charge is 0.146 e. The molecule has 1 aliphatic rings. The van der Waals surface area contributed by atoms with E-state index in [1.54, 1.807) is 18.4 Å². The van der Waals surface area contributed by atoms with E-state index in [-0.39, 0.29) is 5.82 Å². The van der Waals surface area contributed by atoms with Gasteiger partial charge < -0.3 is 14.6 Å². The van der Waals surface area contributed by atoms with Crippen LogP contribution in [-0.4, -0.2) is 13.1 Å². The summed E-state index contributed by atoms with van der Waals surface area (Å²) in [6.45, 7) is 1.39. The Balaban J connectivity index is 1.67. The average molecular weight is 274 g/mol. The molecule has 0 unspecified atom stereocenters. The summed E-state index contributed by atoms with van der Waals surface area (Å²) in [5.74, 6) is 0.747. The van der Waals surface area contributed by atoms with Gasteiger partial charge in [0, 0.05) is 25.2 Å². The van der Waals surface area contributed by atoms with Crippen LogP contribution in [0.15, 0.2) is 41.0 Å². The van der Waals surface area contributed by atoms with Gasteiger partial charge in [-0.3, -0.25) is 0 Å². The highest BCUT2D eigenvalue weighted by atomic mass is 19.1. The third kappa shape index (κ3) is 3.02. The molecule has 1 fully saturated rings. The summed E-state index contributed by atoms with van der Waals surface area (Å²) in [5.41, 5.74) is 1.71. The minimum absolute atomic E-state index is 0.198. The number of para-hydroxylation sites is 1. The first-order chi connectivity index (χ1) is 9.74. The fraction of sp³-hybridized carbons (Fsp3) is 0.375. The SMILES string of the molecule is CN(Cc1ccoc1CNC1CC1)c1ccccc1F. The normalized spacial score (nSPS) is 14.5. The van der Waals surface area contributed by atoms with Gasteiger partial charge in [-0.05, 0) is 31.0 Å². The van der Waals surface area contributed by atoms with Gasteiger partial charge in [0.2, 0.25) is 0 Å². The molecule has 106 valence electrons. The second kappa shape index (κ2) is 5.67. The summed E-state index contributed by atoms with van der Waals surface area (Å²) in [6, 6.07) is 9.43. The first-order valence-corrected chi connectivity index (χ1v) is 6.98. The van der Waals surface area contributed by atoms with E-state index in [1.807, 2.05) is 24.1 Å². The molecule has 3 rings (SSSR count). The van der Waals surface area contributed by atoms with Crippen LogP contribution in [0.2, 0.25) is 0 Å². The van der Waals surface area contributed by atoms with Crippen molar-refractivity contribution in [2.24, 2.45) is 0 Å². The molecule has 4 heteroatoms. The summed E-state index contributed by atoms with van der Waals surface area (Å²) in [5, 5.41) is 3.44. The lowest BCUT2D eigenvalue weighted by Gasteiger charge is -2.19. The molecule has 0 saturated heterocycles. The zero-order valence-corrected chi connectivity index (χ0v) is 11.6. The standard InChI is InChI=1S/C16H19FN2O/c1-19(15-5-3-2-4-14(15)17)11-12-8-9-20-16(12)10-18-13-6-7-13/h2-5,8-9,13,18H,6-7,10-11H2,1H3. The predicted octanol–water partition coefficient (Wildman–Crippen LogP) is 3.31. The summed E-state index contributed by atoms with van der Waals surface area (Å²) in [6.07, 6.45) is 4.21. The van der Waals surface area contributed by atoms with Gasteiger partial charge in [-0.15, -0.1) is 0 Å². The molecule has 3 nitrogen and oxygen atoms in total. The van der Waals surface area contributed by atoms with E-state index >= 15 is 0 Å². The molecule has 1 aromatic heterocycles. The van der Waals surface area contributed by atoms with Gasteiger partial charge in [0.25, 0.3) is 0 Å². The third-order valence-corrected chi connectivity index (χ3v) is 3.64. The Bertz CT molecular complexity index is 577. The first-order valence-electron chi connectivity index (χ1n) is 6.98. The number of hydrogen-bond acceptors (Lipinski definition) is 3. The quantitative estimate of drug-likeness (QED) is 0.876. The lowest BCUT2D eigenvalue weighted by Crippen LogP contribution is -2.20.